The van der Waals surface area contributed by atoms with Gasteiger partial charge in [-0.15, -0.1) is 0 Å². The van der Waals surface area contributed by atoms with Crippen LogP contribution in [0.1, 0.15) is 63.9 Å². The summed E-state index contributed by atoms with van der Waals surface area (Å²) in [5.41, 5.74) is 2.08. The third-order valence-corrected chi connectivity index (χ3v) is 5.51. The van der Waals surface area contributed by atoms with Crippen LogP contribution in [0.25, 0.3) is 0 Å². The second kappa shape index (κ2) is 6.83. The highest BCUT2D eigenvalue weighted by Gasteiger charge is 2.37. The molecule has 1 spiro atoms. The van der Waals surface area contributed by atoms with Crippen LogP contribution in [0.3, 0.4) is 0 Å². The molecule has 2 aliphatic carbocycles. The van der Waals surface area contributed by atoms with Crippen molar-refractivity contribution in [2.24, 2.45) is 5.41 Å². The SMILES string of the molecule is CCOc1cccc(CNC2CCC3(CCCC3)CC2)c1. The van der Waals surface area contributed by atoms with Crippen LogP contribution >= 0.6 is 0 Å². The first-order chi connectivity index (χ1) is 10.3. The highest BCUT2D eigenvalue weighted by molar-refractivity contribution is 5.28. The van der Waals surface area contributed by atoms with Crippen molar-refractivity contribution in [2.75, 3.05) is 6.61 Å². The Balaban J connectivity index is 1.46. The second-order valence-electron chi connectivity index (χ2n) is 6.94. The normalized spacial score (nSPS) is 21.8. The minimum Gasteiger partial charge on any atom is -0.494 e. The number of hydrogen-bond acceptors (Lipinski definition) is 2. The molecule has 0 saturated heterocycles. The summed E-state index contributed by atoms with van der Waals surface area (Å²) in [5, 5.41) is 3.76. The summed E-state index contributed by atoms with van der Waals surface area (Å²) in [5.74, 6) is 0.991. The van der Waals surface area contributed by atoms with Crippen LogP contribution in [0.4, 0.5) is 0 Å². The van der Waals surface area contributed by atoms with Crippen LogP contribution in [0.2, 0.25) is 0 Å². The van der Waals surface area contributed by atoms with Gasteiger partial charge >= 0.3 is 0 Å². The minimum atomic E-state index is 0.715. The lowest BCUT2D eigenvalue weighted by Gasteiger charge is -2.37. The van der Waals surface area contributed by atoms with E-state index >= 15 is 0 Å². The van der Waals surface area contributed by atoms with Gasteiger partial charge in [0, 0.05) is 12.6 Å². The first-order valence-electron chi connectivity index (χ1n) is 8.75. The van der Waals surface area contributed by atoms with Gasteiger partial charge in [-0.3, -0.25) is 0 Å². The smallest absolute Gasteiger partial charge is 0.119 e. The molecule has 3 rings (SSSR count). The maximum atomic E-state index is 5.57. The van der Waals surface area contributed by atoms with Gasteiger partial charge in [0.25, 0.3) is 0 Å². The molecule has 0 atom stereocenters. The maximum Gasteiger partial charge on any atom is 0.119 e. The van der Waals surface area contributed by atoms with Gasteiger partial charge in [0.05, 0.1) is 6.61 Å². The van der Waals surface area contributed by atoms with Crippen LogP contribution in [0.5, 0.6) is 5.75 Å². The quantitative estimate of drug-likeness (QED) is 0.849. The molecule has 21 heavy (non-hydrogen) atoms. The van der Waals surface area contributed by atoms with Crippen LogP contribution in [-0.2, 0) is 6.54 Å². The van der Waals surface area contributed by atoms with Crippen LogP contribution < -0.4 is 10.1 Å². The van der Waals surface area contributed by atoms with E-state index in [0.717, 1.165) is 24.3 Å². The monoisotopic (exact) mass is 287 g/mol. The molecule has 2 heteroatoms. The van der Waals surface area contributed by atoms with Gasteiger partial charge in [0.2, 0.25) is 0 Å². The van der Waals surface area contributed by atoms with E-state index in [1.54, 1.807) is 0 Å². The molecule has 1 aromatic rings. The average molecular weight is 287 g/mol. The Kier molecular flexibility index (Phi) is 4.84. The van der Waals surface area contributed by atoms with Crippen molar-refractivity contribution in [3.05, 3.63) is 29.8 Å². The second-order valence-corrected chi connectivity index (χ2v) is 6.94. The molecule has 2 fully saturated rings. The van der Waals surface area contributed by atoms with E-state index in [-0.39, 0.29) is 0 Å². The zero-order valence-corrected chi connectivity index (χ0v) is 13.4. The molecule has 0 unspecified atom stereocenters. The number of benzene rings is 1. The Morgan fingerprint density at radius 1 is 1.14 bits per heavy atom. The Morgan fingerprint density at radius 2 is 1.90 bits per heavy atom. The lowest BCUT2D eigenvalue weighted by atomic mass is 9.71. The molecular formula is C19H29NO. The summed E-state index contributed by atoms with van der Waals surface area (Å²) in [4.78, 5) is 0. The van der Waals surface area contributed by atoms with Crippen molar-refractivity contribution in [3.63, 3.8) is 0 Å². The fraction of sp³-hybridized carbons (Fsp3) is 0.684. The average Bonchev–Trinajstić information content (AvgIpc) is 2.96. The highest BCUT2D eigenvalue weighted by Crippen LogP contribution is 2.48. The van der Waals surface area contributed by atoms with Crippen molar-refractivity contribution in [1.29, 1.82) is 0 Å². The third-order valence-electron chi connectivity index (χ3n) is 5.51. The summed E-state index contributed by atoms with van der Waals surface area (Å²) in [6, 6.07) is 9.20. The molecule has 2 nitrogen and oxygen atoms in total. The lowest BCUT2D eigenvalue weighted by molar-refractivity contribution is 0.168. The predicted octanol–water partition coefficient (Wildman–Crippen LogP) is 4.68. The molecule has 0 bridgehead atoms. The van der Waals surface area contributed by atoms with E-state index in [1.807, 2.05) is 13.0 Å². The molecule has 2 saturated carbocycles. The van der Waals surface area contributed by atoms with Crippen molar-refractivity contribution >= 4 is 0 Å². The molecule has 116 valence electrons. The lowest BCUT2D eigenvalue weighted by Crippen LogP contribution is -2.36. The van der Waals surface area contributed by atoms with Gasteiger partial charge in [-0.05, 0) is 68.6 Å². The summed E-state index contributed by atoms with van der Waals surface area (Å²) < 4.78 is 5.57. The number of rotatable bonds is 5. The Labute approximate surface area is 129 Å². The van der Waals surface area contributed by atoms with Gasteiger partial charge in [-0.2, -0.15) is 0 Å². The van der Waals surface area contributed by atoms with E-state index in [0.29, 0.717) is 6.04 Å². The summed E-state index contributed by atoms with van der Waals surface area (Å²) in [7, 11) is 0. The van der Waals surface area contributed by atoms with Crippen molar-refractivity contribution in [2.45, 2.75) is 70.9 Å². The molecule has 0 heterocycles. The first-order valence-corrected chi connectivity index (χ1v) is 8.75. The largest absolute Gasteiger partial charge is 0.494 e. The van der Waals surface area contributed by atoms with Gasteiger partial charge < -0.3 is 10.1 Å². The van der Waals surface area contributed by atoms with E-state index < -0.39 is 0 Å². The molecule has 2 aliphatic rings. The maximum absolute atomic E-state index is 5.57. The van der Waals surface area contributed by atoms with Gasteiger partial charge in [0.1, 0.15) is 5.75 Å². The molecule has 0 aromatic heterocycles. The van der Waals surface area contributed by atoms with Crippen molar-refractivity contribution < 1.29 is 4.74 Å². The topological polar surface area (TPSA) is 21.3 Å². The summed E-state index contributed by atoms with van der Waals surface area (Å²) >= 11 is 0. The first kappa shape index (κ1) is 14.9. The van der Waals surface area contributed by atoms with E-state index in [2.05, 4.69) is 23.5 Å². The molecule has 0 aliphatic heterocycles. The standard InChI is InChI=1S/C19H29NO/c1-2-21-18-7-5-6-16(14-18)15-20-17-8-12-19(13-9-17)10-3-4-11-19/h5-7,14,17,20H,2-4,8-13,15H2,1H3. The predicted molar refractivity (Wildman–Crippen MR) is 87.6 cm³/mol. The van der Waals surface area contributed by atoms with Crippen molar-refractivity contribution in [3.8, 4) is 5.75 Å². The summed E-state index contributed by atoms with van der Waals surface area (Å²) in [6.07, 6.45) is 11.6. The van der Waals surface area contributed by atoms with Gasteiger partial charge in [-0.25, -0.2) is 0 Å². The van der Waals surface area contributed by atoms with Gasteiger partial charge in [0.15, 0.2) is 0 Å². The number of nitrogens with one attached hydrogen (secondary N) is 1. The zero-order chi connectivity index (χ0) is 14.5. The molecule has 1 aromatic carbocycles. The van der Waals surface area contributed by atoms with E-state index in [4.69, 9.17) is 4.74 Å². The van der Waals surface area contributed by atoms with Gasteiger partial charge in [-0.1, -0.05) is 25.0 Å². The molecular weight excluding hydrogens is 258 g/mol. The Bertz CT molecular complexity index is 441. The highest BCUT2D eigenvalue weighted by atomic mass is 16.5. The minimum absolute atomic E-state index is 0.715. The molecule has 1 N–H and O–H groups in total. The zero-order valence-electron chi connectivity index (χ0n) is 13.4. The molecule has 0 radical (unpaired) electrons. The summed E-state index contributed by atoms with van der Waals surface area (Å²) in [6.45, 7) is 3.74. The van der Waals surface area contributed by atoms with E-state index in [1.165, 1.54) is 56.9 Å². The van der Waals surface area contributed by atoms with Crippen molar-refractivity contribution in [1.82, 2.24) is 5.32 Å². The number of ether oxygens (including phenoxy) is 1. The third kappa shape index (κ3) is 3.79. The fourth-order valence-corrected chi connectivity index (χ4v) is 4.23. The van der Waals surface area contributed by atoms with E-state index in [9.17, 15) is 0 Å². The van der Waals surface area contributed by atoms with Crippen LogP contribution in [0, 0.1) is 5.41 Å². The van der Waals surface area contributed by atoms with Crippen LogP contribution in [0.15, 0.2) is 24.3 Å². The Morgan fingerprint density at radius 3 is 2.62 bits per heavy atom. The fourth-order valence-electron chi connectivity index (χ4n) is 4.23. The number of hydrogen-bond donors (Lipinski definition) is 1. The Hall–Kier alpha value is -1.02. The van der Waals surface area contributed by atoms with Crippen LogP contribution in [-0.4, -0.2) is 12.6 Å². The molecule has 0 amide bonds.